The minimum absolute atomic E-state index is 0.323. The molecular weight excluding hydrogens is 256 g/mol. The number of thiophene rings is 1. The van der Waals surface area contributed by atoms with Gasteiger partial charge in [0.15, 0.2) is 0 Å². The van der Waals surface area contributed by atoms with E-state index in [4.69, 9.17) is 4.74 Å². The third kappa shape index (κ3) is 2.65. The number of anilines is 2. The van der Waals surface area contributed by atoms with Gasteiger partial charge in [-0.05, 0) is 36.8 Å². The Labute approximate surface area is 107 Å². The maximum absolute atomic E-state index is 11.8. The highest BCUT2D eigenvalue weighted by Gasteiger charge is 2.19. The first-order valence-corrected chi connectivity index (χ1v) is 6.86. The monoisotopic (exact) mass is 268 g/mol. The van der Waals surface area contributed by atoms with E-state index in [1.165, 1.54) is 11.5 Å². The molecule has 0 spiro atoms. The van der Waals surface area contributed by atoms with Crippen molar-refractivity contribution in [1.29, 1.82) is 0 Å². The molecule has 0 aromatic carbocycles. The average Bonchev–Trinajstić information content (AvgIpc) is 2.90. The molecule has 2 heterocycles. The fourth-order valence-corrected chi connectivity index (χ4v) is 2.76. The van der Waals surface area contributed by atoms with Crippen LogP contribution in [0.3, 0.4) is 0 Å². The lowest BCUT2D eigenvalue weighted by Crippen LogP contribution is -2.07. The molecule has 0 saturated carbocycles. The van der Waals surface area contributed by atoms with Crippen LogP contribution in [0.25, 0.3) is 0 Å². The maximum atomic E-state index is 11.8. The third-order valence-electron chi connectivity index (χ3n) is 2.12. The molecule has 2 aromatic rings. The van der Waals surface area contributed by atoms with Crippen LogP contribution in [0.4, 0.5) is 10.7 Å². The zero-order chi connectivity index (χ0) is 12.3. The van der Waals surface area contributed by atoms with Gasteiger partial charge in [-0.25, -0.2) is 4.79 Å². The second-order valence-electron chi connectivity index (χ2n) is 3.33. The van der Waals surface area contributed by atoms with Crippen molar-refractivity contribution in [3.05, 3.63) is 28.1 Å². The number of nitrogens with zero attached hydrogens (tertiary/aromatic N) is 1. The summed E-state index contributed by atoms with van der Waals surface area (Å²) in [6.07, 6.45) is 0. The molecule has 2 rings (SSSR count). The first-order chi connectivity index (χ1) is 8.22. The SMILES string of the molecule is CCOC(=O)c1c(C)nsc1Nc1ccsc1. The predicted molar refractivity (Wildman–Crippen MR) is 70.4 cm³/mol. The van der Waals surface area contributed by atoms with Crippen molar-refractivity contribution in [3.63, 3.8) is 0 Å². The third-order valence-corrected chi connectivity index (χ3v) is 3.66. The Hall–Kier alpha value is -1.40. The van der Waals surface area contributed by atoms with Gasteiger partial charge in [-0.2, -0.15) is 15.7 Å². The molecule has 0 aliphatic heterocycles. The second kappa shape index (κ2) is 5.29. The van der Waals surface area contributed by atoms with Crippen molar-refractivity contribution in [2.45, 2.75) is 13.8 Å². The quantitative estimate of drug-likeness (QED) is 0.863. The molecule has 0 unspecified atom stereocenters. The first-order valence-electron chi connectivity index (χ1n) is 5.15. The molecule has 0 bridgehead atoms. The Morgan fingerprint density at radius 3 is 3.06 bits per heavy atom. The lowest BCUT2D eigenvalue weighted by atomic mass is 10.2. The molecule has 17 heavy (non-hydrogen) atoms. The molecule has 0 radical (unpaired) electrons. The highest BCUT2D eigenvalue weighted by atomic mass is 32.1. The van der Waals surface area contributed by atoms with Crippen LogP contribution in [0, 0.1) is 6.92 Å². The number of hydrogen-bond acceptors (Lipinski definition) is 6. The Kier molecular flexibility index (Phi) is 3.75. The minimum Gasteiger partial charge on any atom is -0.462 e. The van der Waals surface area contributed by atoms with Gasteiger partial charge in [0.2, 0.25) is 0 Å². The summed E-state index contributed by atoms with van der Waals surface area (Å²) in [5.74, 6) is -0.323. The number of aryl methyl sites for hydroxylation is 1. The van der Waals surface area contributed by atoms with E-state index in [0.717, 1.165) is 10.7 Å². The van der Waals surface area contributed by atoms with Gasteiger partial charge in [0.1, 0.15) is 10.6 Å². The summed E-state index contributed by atoms with van der Waals surface area (Å²) in [6.45, 7) is 3.96. The minimum atomic E-state index is -0.323. The van der Waals surface area contributed by atoms with E-state index >= 15 is 0 Å². The molecule has 4 nitrogen and oxygen atoms in total. The zero-order valence-corrected chi connectivity index (χ0v) is 11.2. The van der Waals surface area contributed by atoms with Gasteiger partial charge in [-0.3, -0.25) is 0 Å². The van der Waals surface area contributed by atoms with Crippen LogP contribution < -0.4 is 5.32 Å². The molecule has 0 aliphatic carbocycles. The summed E-state index contributed by atoms with van der Waals surface area (Å²) >= 11 is 2.87. The van der Waals surface area contributed by atoms with E-state index < -0.39 is 0 Å². The van der Waals surface area contributed by atoms with Crippen LogP contribution in [-0.2, 0) is 4.74 Å². The van der Waals surface area contributed by atoms with E-state index in [0.29, 0.717) is 17.9 Å². The number of carbonyl (C=O) groups is 1. The Bertz CT molecular complexity index is 506. The van der Waals surface area contributed by atoms with Crippen molar-refractivity contribution in [1.82, 2.24) is 4.37 Å². The molecule has 0 fully saturated rings. The van der Waals surface area contributed by atoms with Crippen LogP contribution in [0.2, 0.25) is 0 Å². The second-order valence-corrected chi connectivity index (χ2v) is 4.88. The lowest BCUT2D eigenvalue weighted by Gasteiger charge is -2.05. The number of aromatic nitrogens is 1. The Morgan fingerprint density at radius 1 is 1.59 bits per heavy atom. The fraction of sp³-hybridized carbons (Fsp3) is 0.273. The van der Waals surface area contributed by atoms with Crippen molar-refractivity contribution in [3.8, 4) is 0 Å². The maximum Gasteiger partial charge on any atom is 0.343 e. The van der Waals surface area contributed by atoms with Gasteiger partial charge < -0.3 is 10.1 Å². The summed E-state index contributed by atoms with van der Waals surface area (Å²) in [7, 11) is 0. The van der Waals surface area contributed by atoms with Gasteiger partial charge in [0, 0.05) is 11.1 Å². The van der Waals surface area contributed by atoms with Crippen LogP contribution in [0.5, 0.6) is 0 Å². The van der Waals surface area contributed by atoms with Crippen molar-refractivity contribution < 1.29 is 9.53 Å². The summed E-state index contributed by atoms with van der Waals surface area (Å²) in [4.78, 5) is 11.8. The molecule has 90 valence electrons. The summed E-state index contributed by atoms with van der Waals surface area (Å²) < 4.78 is 9.20. The number of nitrogens with one attached hydrogen (secondary N) is 1. The van der Waals surface area contributed by atoms with Gasteiger partial charge in [0.25, 0.3) is 0 Å². The molecular formula is C11H12N2O2S2. The smallest absolute Gasteiger partial charge is 0.343 e. The lowest BCUT2D eigenvalue weighted by molar-refractivity contribution is 0.0527. The number of hydrogen-bond donors (Lipinski definition) is 1. The molecule has 0 aliphatic rings. The van der Waals surface area contributed by atoms with Gasteiger partial charge in [-0.1, -0.05) is 0 Å². The topological polar surface area (TPSA) is 51.2 Å². The average molecular weight is 268 g/mol. The number of ether oxygens (including phenoxy) is 1. The Morgan fingerprint density at radius 2 is 2.41 bits per heavy atom. The zero-order valence-electron chi connectivity index (χ0n) is 9.52. The van der Waals surface area contributed by atoms with Gasteiger partial charge >= 0.3 is 5.97 Å². The Balaban J connectivity index is 2.26. The van der Waals surface area contributed by atoms with Crippen LogP contribution in [0.15, 0.2) is 16.8 Å². The molecule has 2 aromatic heterocycles. The van der Waals surface area contributed by atoms with Crippen molar-refractivity contribution in [2.24, 2.45) is 0 Å². The fourth-order valence-electron chi connectivity index (χ4n) is 1.37. The standard InChI is InChI=1S/C11H12N2O2S2/c1-3-15-11(14)9-7(2)13-17-10(9)12-8-4-5-16-6-8/h4-6,12H,3H2,1-2H3. The molecule has 6 heteroatoms. The van der Waals surface area contributed by atoms with Crippen LogP contribution in [-0.4, -0.2) is 16.9 Å². The molecule has 0 atom stereocenters. The van der Waals surface area contributed by atoms with Crippen LogP contribution in [0.1, 0.15) is 23.0 Å². The number of carbonyl (C=O) groups excluding carboxylic acids is 1. The van der Waals surface area contributed by atoms with Gasteiger partial charge in [0.05, 0.1) is 12.3 Å². The van der Waals surface area contributed by atoms with Gasteiger partial charge in [-0.15, -0.1) is 0 Å². The van der Waals surface area contributed by atoms with Crippen LogP contribution >= 0.6 is 22.9 Å². The molecule has 0 amide bonds. The first kappa shape index (κ1) is 12.1. The van der Waals surface area contributed by atoms with E-state index in [9.17, 15) is 4.79 Å². The van der Waals surface area contributed by atoms with E-state index in [1.54, 1.807) is 18.3 Å². The van der Waals surface area contributed by atoms with Crippen molar-refractivity contribution in [2.75, 3.05) is 11.9 Å². The van der Waals surface area contributed by atoms with E-state index in [-0.39, 0.29) is 5.97 Å². The number of rotatable bonds is 4. The number of esters is 1. The van der Waals surface area contributed by atoms with E-state index in [2.05, 4.69) is 9.69 Å². The highest BCUT2D eigenvalue weighted by Crippen LogP contribution is 2.29. The molecule has 0 saturated heterocycles. The van der Waals surface area contributed by atoms with Crippen molar-refractivity contribution >= 4 is 39.5 Å². The van der Waals surface area contributed by atoms with E-state index in [1.807, 2.05) is 23.8 Å². The summed E-state index contributed by atoms with van der Waals surface area (Å²) in [5.41, 5.74) is 2.19. The predicted octanol–water partition coefficient (Wildman–Crippen LogP) is 3.43. The molecule has 1 N–H and O–H groups in total. The summed E-state index contributed by atoms with van der Waals surface area (Å²) in [5, 5.41) is 7.86. The summed E-state index contributed by atoms with van der Waals surface area (Å²) in [6, 6.07) is 1.95. The highest BCUT2D eigenvalue weighted by molar-refractivity contribution is 7.11. The largest absolute Gasteiger partial charge is 0.462 e. The normalized spacial score (nSPS) is 10.2.